The lowest BCUT2D eigenvalue weighted by Crippen LogP contribution is -2.21. The van der Waals surface area contributed by atoms with Crippen LogP contribution in [0.2, 0.25) is 0 Å². The standard InChI is InChI=1S/C16H25NO3S/c1-6-8-11(5)14(18)17-15-12(16(19)20-7-2)9-13(21-15)10(3)4/h9-11H,6-8H2,1-5H3,(H,17,18). The first-order valence-corrected chi connectivity index (χ1v) is 8.34. The molecule has 0 aliphatic carbocycles. The zero-order valence-corrected chi connectivity index (χ0v) is 14.3. The van der Waals surface area contributed by atoms with Gasteiger partial charge in [0.05, 0.1) is 12.2 Å². The molecule has 0 fully saturated rings. The fraction of sp³-hybridized carbons (Fsp3) is 0.625. The molecule has 1 aromatic rings. The van der Waals surface area contributed by atoms with E-state index in [1.807, 2.05) is 13.0 Å². The summed E-state index contributed by atoms with van der Waals surface area (Å²) in [6.07, 6.45) is 1.80. The third kappa shape index (κ3) is 4.84. The normalized spacial score (nSPS) is 12.3. The number of anilines is 1. The fourth-order valence-electron chi connectivity index (χ4n) is 1.95. The summed E-state index contributed by atoms with van der Waals surface area (Å²) in [5, 5.41) is 3.49. The summed E-state index contributed by atoms with van der Waals surface area (Å²) in [6, 6.07) is 1.83. The summed E-state index contributed by atoms with van der Waals surface area (Å²) in [4.78, 5) is 25.2. The molecule has 1 heterocycles. The molecule has 1 amide bonds. The van der Waals surface area contributed by atoms with E-state index < -0.39 is 0 Å². The molecule has 4 nitrogen and oxygen atoms in total. The third-order valence-corrected chi connectivity index (χ3v) is 4.57. The first-order chi connectivity index (χ1) is 9.90. The van der Waals surface area contributed by atoms with Gasteiger partial charge in [-0.1, -0.05) is 34.1 Å². The number of nitrogens with one attached hydrogen (secondary N) is 1. The molecular formula is C16H25NO3S. The van der Waals surface area contributed by atoms with Crippen LogP contribution in [0.15, 0.2) is 6.07 Å². The number of esters is 1. The number of carbonyl (C=O) groups is 2. The average Bonchev–Trinajstić information content (AvgIpc) is 2.83. The summed E-state index contributed by atoms with van der Waals surface area (Å²) in [5.74, 6) is -0.171. The Morgan fingerprint density at radius 2 is 1.95 bits per heavy atom. The van der Waals surface area contributed by atoms with E-state index in [-0.39, 0.29) is 17.8 Å². The molecule has 0 aliphatic rings. The maximum absolute atomic E-state index is 12.2. The summed E-state index contributed by atoms with van der Waals surface area (Å²) < 4.78 is 5.07. The van der Waals surface area contributed by atoms with Gasteiger partial charge in [0.15, 0.2) is 0 Å². The third-order valence-electron chi connectivity index (χ3n) is 3.22. The maximum atomic E-state index is 12.2. The van der Waals surface area contributed by atoms with E-state index in [0.717, 1.165) is 17.7 Å². The topological polar surface area (TPSA) is 55.4 Å². The SMILES string of the molecule is CCCC(C)C(=O)Nc1sc(C(C)C)cc1C(=O)OCC. The second-order valence-corrected chi connectivity index (χ2v) is 6.53. The lowest BCUT2D eigenvalue weighted by Gasteiger charge is -2.11. The van der Waals surface area contributed by atoms with Gasteiger partial charge in [0.1, 0.15) is 5.00 Å². The minimum atomic E-state index is -0.376. The molecule has 21 heavy (non-hydrogen) atoms. The highest BCUT2D eigenvalue weighted by Crippen LogP contribution is 2.33. The van der Waals surface area contributed by atoms with Crippen LogP contribution in [0.5, 0.6) is 0 Å². The molecule has 0 saturated heterocycles. The molecule has 0 radical (unpaired) electrons. The minimum absolute atomic E-state index is 0.0421. The van der Waals surface area contributed by atoms with Gasteiger partial charge in [-0.25, -0.2) is 4.79 Å². The van der Waals surface area contributed by atoms with E-state index >= 15 is 0 Å². The number of rotatable bonds is 7. The molecule has 118 valence electrons. The molecule has 1 N–H and O–H groups in total. The fourth-order valence-corrected chi connectivity index (χ4v) is 3.00. The van der Waals surface area contributed by atoms with Crippen molar-refractivity contribution in [2.24, 2.45) is 5.92 Å². The highest BCUT2D eigenvalue weighted by Gasteiger charge is 2.21. The van der Waals surface area contributed by atoms with Crippen LogP contribution >= 0.6 is 11.3 Å². The Hall–Kier alpha value is -1.36. The van der Waals surface area contributed by atoms with Crippen molar-refractivity contribution in [1.29, 1.82) is 0 Å². The van der Waals surface area contributed by atoms with E-state index in [0.29, 0.717) is 23.1 Å². The molecule has 1 rings (SSSR count). The Kier molecular flexibility index (Phi) is 6.89. The van der Waals surface area contributed by atoms with E-state index in [1.165, 1.54) is 11.3 Å². The van der Waals surface area contributed by atoms with E-state index in [4.69, 9.17) is 4.74 Å². The highest BCUT2D eigenvalue weighted by molar-refractivity contribution is 7.16. The van der Waals surface area contributed by atoms with Gasteiger partial charge in [-0.2, -0.15) is 0 Å². The molecule has 1 atom stereocenters. The van der Waals surface area contributed by atoms with Crippen LogP contribution in [-0.2, 0) is 9.53 Å². The Balaban J connectivity index is 2.98. The monoisotopic (exact) mass is 311 g/mol. The van der Waals surface area contributed by atoms with Gasteiger partial charge in [0.2, 0.25) is 5.91 Å². The Labute approximate surface area is 130 Å². The smallest absolute Gasteiger partial charge is 0.341 e. The van der Waals surface area contributed by atoms with Crippen molar-refractivity contribution in [1.82, 2.24) is 0 Å². The van der Waals surface area contributed by atoms with Gasteiger partial charge >= 0.3 is 5.97 Å². The molecule has 1 unspecified atom stereocenters. The molecule has 0 saturated carbocycles. The number of hydrogen-bond donors (Lipinski definition) is 1. The molecular weight excluding hydrogens is 286 g/mol. The molecule has 5 heteroatoms. The van der Waals surface area contributed by atoms with E-state index in [2.05, 4.69) is 26.1 Å². The van der Waals surface area contributed by atoms with Crippen LogP contribution in [0.1, 0.15) is 68.6 Å². The van der Waals surface area contributed by atoms with Gasteiger partial charge in [-0.15, -0.1) is 11.3 Å². The quantitative estimate of drug-likeness (QED) is 0.758. The largest absolute Gasteiger partial charge is 0.462 e. The van der Waals surface area contributed by atoms with Crippen molar-refractivity contribution >= 4 is 28.2 Å². The first-order valence-electron chi connectivity index (χ1n) is 7.52. The van der Waals surface area contributed by atoms with Crippen molar-refractivity contribution in [3.63, 3.8) is 0 Å². The van der Waals surface area contributed by atoms with Crippen LogP contribution in [0.4, 0.5) is 5.00 Å². The average molecular weight is 311 g/mol. The van der Waals surface area contributed by atoms with Gasteiger partial charge in [0.25, 0.3) is 0 Å². The van der Waals surface area contributed by atoms with Gasteiger partial charge < -0.3 is 10.1 Å². The van der Waals surface area contributed by atoms with Gasteiger partial charge in [0, 0.05) is 10.8 Å². The summed E-state index contributed by atoms with van der Waals surface area (Å²) in [7, 11) is 0. The minimum Gasteiger partial charge on any atom is -0.462 e. The van der Waals surface area contributed by atoms with Crippen LogP contribution in [-0.4, -0.2) is 18.5 Å². The lowest BCUT2D eigenvalue weighted by molar-refractivity contribution is -0.119. The summed E-state index contributed by atoms with van der Waals surface area (Å²) in [5.41, 5.74) is 0.461. The van der Waals surface area contributed by atoms with Crippen LogP contribution in [0.25, 0.3) is 0 Å². The van der Waals surface area contributed by atoms with Crippen LogP contribution < -0.4 is 5.32 Å². The zero-order chi connectivity index (χ0) is 16.0. The molecule has 0 bridgehead atoms. The maximum Gasteiger partial charge on any atom is 0.341 e. The van der Waals surface area contributed by atoms with Gasteiger partial charge in [-0.05, 0) is 25.3 Å². The van der Waals surface area contributed by atoms with E-state index in [9.17, 15) is 9.59 Å². The van der Waals surface area contributed by atoms with Crippen molar-refractivity contribution in [3.05, 3.63) is 16.5 Å². The predicted octanol–water partition coefficient (Wildman–Crippen LogP) is 4.42. The Morgan fingerprint density at radius 3 is 2.48 bits per heavy atom. The van der Waals surface area contributed by atoms with Crippen LogP contribution in [0, 0.1) is 5.92 Å². The predicted molar refractivity (Wildman–Crippen MR) is 87.1 cm³/mol. The zero-order valence-electron chi connectivity index (χ0n) is 13.5. The number of amides is 1. The van der Waals surface area contributed by atoms with Crippen molar-refractivity contribution in [2.75, 3.05) is 11.9 Å². The highest BCUT2D eigenvalue weighted by atomic mass is 32.1. The Bertz CT molecular complexity index is 494. The second-order valence-electron chi connectivity index (χ2n) is 5.45. The van der Waals surface area contributed by atoms with Crippen molar-refractivity contribution in [3.8, 4) is 0 Å². The van der Waals surface area contributed by atoms with Gasteiger partial charge in [-0.3, -0.25) is 4.79 Å². The number of carbonyl (C=O) groups excluding carboxylic acids is 2. The lowest BCUT2D eigenvalue weighted by atomic mass is 10.1. The molecule has 0 aromatic carbocycles. The molecule has 1 aromatic heterocycles. The first kappa shape index (κ1) is 17.7. The van der Waals surface area contributed by atoms with Crippen molar-refractivity contribution < 1.29 is 14.3 Å². The van der Waals surface area contributed by atoms with E-state index in [1.54, 1.807) is 6.92 Å². The van der Waals surface area contributed by atoms with Crippen LogP contribution in [0.3, 0.4) is 0 Å². The molecule has 0 spiro atoms. The number of ether oxygens (including phenoxy) is 1. The summed E-state index contributed by atoms with van der Waals surface area (Å²) >= 11 is 1.45. The number of hydrogen-bond acceptors (Lipinski definition) is 4. The number of thiophene rings is 1. The van der Waals surface area contributed by atoms with Crippen molar-refractivity contribution in [2.45, 2.75) is 53.4 Å². The Morgan fingerprint density at radius 1 is 1.29 bits per heavy atom. The second kappa shape index (κ2) is 8.17. The molecule has 0 aliphatic heterocycles. The summed E-state index contributed by atoms with van der Waals surface area (Å²) in [6.45, 7) is 10.2.